The molecule has 128 valence electrons. The number of hydrogen-bond donors (Lipinski definition) is 0. The molecule has 1 aliphatic heterocycles. The summed E-state index contributed by atoms with van der Waals surface area (Å²) in [5, 5.41) is 0.534. The van der Waals surface area contributed by atoms with E-state index in [1.165, 1.54) is 12.1 Å². The molecule has 2 amide bonds. The second-order valence-corrected chi connectivity index (χ2v) is 6.54. The molecule has 0 saturated heterocycles. The smallest absolute Gasteiger partial charge is 0.333 e. The Hall–Kier alpha value is -2.89. The van der Waals surface area contributed by atoms with Crippen molar-refractivity contribution in [1.82, 2.24) is 5.06 Å². The largest absolute Gasteiger partial charge is 0.466 e. The molecule has 6 heteroatoms. The highest BCUT2D eigenvalue weighted by atomic mass is 16.7. The van der Waals surface area contributed by atoms with Gasteiger partial charge in [-0.25, -0.2) is 4.79 Å². The lowest BCUT2D eigenvalue weighted by molar-refractivity contribution is -0.168. The Bertz CT molecular complexity index is 833. The number of nitrogens with zero attached hydrogens (tertiary/aromatic N) is 1. The van der Waals surface area contributed by atoms with Gasteiger partial charge in [0.2, 0.25) is 0 Å². The standard InChI is InChI=1S/C19H17NO5/c1-11-10-15(11)16-8-6-12(24-16)7-9-17(21)25-20-18(22)13-4-2-3-5-14(13)19(20)23/h2-6,8,11,15H,7,9-10H2,1H3. The van der Waals surface area contributed by atoms with E-state index >= 15 is 0 Å². The van der Waals surface area contributed by atoms with Gasteiger partial charge >= 0.3 is 5.97 Å². The summed E-state index contributed by atoms with van der Waals surface area (Å²) in [5.74, 6) is 0.919. The number of rotatable bonds is 5. The predicted octanol–water partition coefficient (Wildman–Crippen LogP) is 3.09. The molecule has 6 nitrogen and oxygen atoms in total. The molecule has 2 heterocycles. The van der Waals surface area contributed by atoms with E-state index in [0.717, 1.165) is 12.2 Å². The number of aryl methyl sites for hydroxylation is 1. The first kappa shape index (κ1) is 15.6. The maximum Gasteiger partial charge on any atom is 0.333 e. The Morgan fingerprint density at radius 3 is 2.40 bits per heavy atom. The molecule has 25 heavy (non-hydrogen) atoms. The van der Waals surface area contributed by atoms with Crippen LogP contribution in [0.2, 0.25) is 0 Å². The van der Waals surface area contributed by atoms with Crippen LogP contribution < -0.4 is 0 Å². The first-order chi connectivity index (χ1) is 12.0. The van der Waals surface area contributed by atoms with E-state index in [0.29, 0.717) is 29.1 Å². The Morgan fingerprint density at radius 2 is 1.80 bits per heavy atom. The van der Waals surface area contributed by atoms with Crippen LogP contribution >= 0.6 is 0 Å². The lowest BCUT2D eigenvalue weighted by Gasteiger charge is -2.12. The molecule has 1 aliphatic carbocycles. The summed E-state index contributed by atoms with van der Waals surface area (Å²) in [4.78, 5) is 41.3. The predicted molar refractivity (Wildman–Crippen MR) is 86.6 cm³/mol. The molecule has 1 fully saturated rings. The van der Waals surface area contributed by atoms with Crippen molar-refractivity contribution in [2.45, 2.75) is 32.1 Å². The summed E-state index contributed by atoms with van der Waals surface area (Å²) in [7, 11) is 0. The Labute approximate surface area is 144 Å². The minimum atomic E-state index is -0.646. The average Bonchev–Trinajstić information content (AvgIpc) is 3.07. The number of benzene rings is 1. The third-order valence-corrected chi connectivity index (χ3v) is 4.68. The summed E-state index contributed by atoms with van der Waals surface area (Å²) in [6.45, 7) is 2.17. The van der Waals surface area contributed by atoms with Gasteiger partial charge in [0.15, 0.2) is 0 Å². The first-order valence-electron chi connectivity index (χ1n) is 8.32. The van der Waals surface area contributed by atoms with Crippen LogP contribution in [0.5, 0.6) is 0 Å². The van der Waals surface area contributed by atoms with Gasteiger partial charge < -0.3 is 9.25 Å². The molecule has 0 spiro atoms. The summed E-state index contributed by atoms with van der Waals surface area (Å²) in [6, 6.07) is 10.2. The maximum absolute atomic E-state index is 12.1. The summed E-state index contributed by atoms with van der Waals surface area (Å²) in [5.41, 5.74) is 0.490. The highest BCUT2D eigenvalue weighted by Crippen LogP contribution is 2.47. The van der Waals surface area contributed by atoms with Gasteiger partial charge in [-0.05, 0) is 36.6 Å². The van der Waals surface area contributed by atoms with Gasteiger partial charge in [-0.15, -0.1) is 0 Å². The minimum Gasteiger partial charge on any atom is -0.466 e. The van der Waals surface area contributed by atoms with Crippen molar-refractivity contribution >= 4 is 17.8 Å². The number of amides is 2. The topological polar surface area (TPSA) is 76.8 Å². The van der Waals surface area contributed by atoms with Gasteiger partial charge in [0.25, 0.3) is 11.8 Å². The number of hydrogen-bond acceptors (Lipinski definition) is 5. The monoisotopic (exact) mass is 339 g/mol. The third-order valence-electron chi connectivity index (χ3n) is 4.68. The normalized spacial score (nSPS) is 21.4. The number of furan rings is 1. The zero-order chi connectivity index (χ0) is 17.6. The van der Waals surface area contributed by atoms with Crippen molar-refractivity contribution in [3.8, 4) is 0 Å². The Morgan fingerprint density at radius 1 is 1.16 bits per heavy atom. The highest BCUT2D eigenvalue weighted by Gasteiger charge is 2.39. The lowest BCUT2D eigenvalue weighted by Crippen LogP contribution is -2.32. The number of imide groups is 1. The summed E-state index contributed by atoms with van der Waals surface area (Å²) < 4.78 is 5.74. The van der Waals surface area contributed by atoms with Crippen molar-refractivity contribution in [3.63, 3.8) is 0 Å². The van der Waals surface area contributed by atoms with Gasteiger partial charge in [0, 0.05) is 12.3 Å². The zero-order valence-corrected chi connectivity index (χ0v) is 13.7. The zero-order valence-electron chi connectivity index (χ0n) is 13.7. The third kappa shape index (κ3) is 2.84. The maximum atomic E-state index is 12.1. The van der Waals surface area contributed by atoms with Crippen molar-refractivity contribution in [2.24, 2.45) is 5.92 Å². The SMILES string of the molecule is CC1CC1c1ccc(CCC(=O)ON2C(=O)c3ccccc3C2=O)o1. The molecular formula is C19H17NO5. The minimum absolute atomic E-state index is 0.0284. The molecule has 2 atom stereocenters. The van der Waals surface area contributed by atoms with E-state index in [1.54, 1.807) is 12.1 Å². The van der Waals surface area contributed by atoms with Gasteiger partial charge in [0.1, 0.15) is 11.5 Å². The molecule has 0 bridgehead atoms. The van der Waals surface area contributed by atoms with E-state index in [1.807, 2.05) is 12.1 Å². The van der Waals surface area contributed by atoms with Crippen LogP contribution in [0, 0.1) is 5.92 Å². The number of carbonyl (C=O) groups excluding carboxylic acids is 3. The Kier molecular flexibility index (Phi) is 3.67. The lowest BCUT2D eigenvalue weighted by atomic mass is 10.1. The molecule has 1 saturated carbocycles. The van der Waals surface area contributed by atoms with Gasteiger partial charge in [-0.1, -0.05) is 24.1 Å². The van der Waals surface area contributed by atoms with Crippen LogP contribution in [0.15, 0.2) is 40.8 Å². The van der Waals surface area contributed by atoms with Crippen molar-refractivity contribution in [1.29, 1.82) is 0 Å². The second-order valence-electron chi connectivity index (χ2n) is 6.54. The van der Waals surface area contributed by atoms with E-state index in [-0.39, 0.29) is 17.5 Å². The highest BCUT2D eigenvalue weighted by molar-refractivity contribution is 6.20. The van der Waals surface area contributed by atoms with Crippen LogP contribution in [0.4, 0.5) is 0 Å². The summed E-state index contributed by atoms with van der Waals surface area (Å²) >= 11 is 0. The molecule has 0 radical (unpaired) electrons. The molecule has 2 unspecified atom stereocenters. The van der Waals surface area contributed by atoms with Crippen LogP contribution in [0.3, 0.4) is 0 Å². The van der Waals surface area contributed by atoms with E-state index < -0.39 is 17.8 Å². The molecule has 0 N–H and O–H groups in total. The van der Waals surface area contributed by atoms with Crippen molar-refractivity contribution < 1.29 is 23.6 Å². The van der Waals surface area contributed by atoms with Crippen LogP contribution in [-0.4, -0.2) is 22.8 Å². The van der Waals surface area contributed by atoms with Gasteiger partial charge in [-0.2, -0.15) is 0 Å². The van der Waals surface area contributed by atoms with Crippen molar-refractivity contribution in [3.05, 3.63) is 59.0 Å². The fourth-order valence-electron chi connectivity index (χ4n) is 3.07. The number of carbonyl (C=O) groups is 3. The van der Waals surface area contributed by atoms with Crippen molar-refractivity contribution in [2.75, 3.05) is 0 Å². The van der Waals surface area contributed by atoms with Crippen LogP contribution in [0.25, 0.3) is 0 Å². The first-order valence-corrected chi connectivity index (χ1v) is 8.32. The van der Waals surface area contributed by atoms with Gasteiger partial charge in [0.05, 0.1) is 17.5 Å². The van der Waals surface area contributed by atoms with E-state index in [9.17, 15) is 14.4 Å². The number of hydroxylamine groups is 2. The second kappa shape index (κ2) is 5.88. The quantitative estimate of drug-likeness (QED) is 0.782. The molecular weight excluding hydrogens is 322 g/mol. The van der Waals surface area contributed by atoms with E-state index in [2.05, 4.69) is 6.92 Å². The molecule has 2 aromatic rings. The van der Waals surface area contributed by atoms with Gasteiger partial charge in [-0.3, -0.25) is 9.59 Å². The fourth-order valence-corrected chi connectivity index (χ4v) is 3.07. The average molecular weight is 339 g/mol. The number of fused-ring (bicyclic) bond motifs is 1. The molecule has 1 aromatic carbocycles. The summed E-state index contributed by atoms with van der Waals surface area (Å²) in [6.07, 6.45) is 1.53. The Balaban J connectivity index is 1.34. The fraction of sp³-hybridized carbons (Fsp3) is 0.316. The van der Waals surface area contributed by atoms with Crippen LogP contribution in [-0.2, 0) is 16.1 Å². The van der Waals surface area contributed by atoms with Crippen LogP contribution in [0.1, 0.15) is 57.9 Å². The molecule has 4 rings (SSSR count). The molecule has 1 aromatic heterocycles. The molecule has 2 aliphatic rings. The van der Waals surface area contributed by atoms with E-state index in [4.69, 9.17) is 9.25 Å².